The first-order valence-electron chi connectivity index (χ1n) is 10.2. The molecule has 0 atom stereocenters. The van der Waals surface area contributed by atoms with E-state index in [1.54, 1.807) is 12.4 Å². The molecule has 2 heterocycles. The number of rotatable bonds is 8. The number of hydrogen-bond donors (Lipinski definition) is 1. The van der Waals surface area contributed by atoms with Gasteiger partial charge in [0.05, 0.1) is 5.56 Å². The fourth-order valence-electron chi connectivity index (χ4n) is 3.43. The fourth-order valence-corrected chi connectivity index (χ4v) is 3.43. The SMILES string of the molecule is CCN(CC)c1ccc2c(C)c(C=CC(=O)NCCc3cccnc3)c(=O)oc2c1. The number of carbonyl (C=O) groups is 1. The summed E-state index contributed by atoms with van der Waals surface area (Å²) in [6, 6.07) is 9.72. The zero-order chi connectivity index (χ0) is 21.5. The summed E-state index contributed by atoms with van der Waals surface area (Å²) >= 11 is 0. The number of amides is 1. The average Bonchev–Trinajstić information content (AvgIpc) is 2.75. The number of aromatic nitrogens is 1. The van der Waals surface area contributed by atoms with Crippen molar-refractivity contribution in [2.24, 2.45) is 0 Å². The smallest absolute Gasteiger partial charge is 0.343 e. The molecule has 1 N–H and O–H groups in total. The number of hydrogen-bond acceptors (Lipinski definition) is 5. The van der Waals surface area contributed by atoms with Gasteiger partial charge in [0, 0.05) is 55.2 Å². The first-order valence-corrected chi connectivity index (χ1v) is 10.2. The average molecular weight is 405 g/mol. The van der Waals surface area contributed by atoms with Crippen LogP contribution in [0.25, 0.3) is 17.0 Å². The Labute approximate surface area is 176 Å². The summed E-state index contributed by atoms with van der Waals surface area (Å²) in [6.07, 6.45) is 7.08. The normalized spacial score (nSPS) is 11.2. The highest BCUT2D eigenvalue weighted by Gasteiger charge is 2.11. The van der Waals surface area contributed by atoms with Crippen molar-refractivity contribution in [2.75, 3.05) is 24.5 Å². The molecule has 0 saturated carbocycles. The molecule has 0 aliphatic carbocycles. The predicted octanol–water partition coefficient (Wildman–Crippen LogP) is 3.71. The van der Waals surface area contributed by atoms with Crippen LogP contribution in [0.5, 0.6) is 0 Å². The minimum atomic E-state index is -0.448. The van der Waals surface area contributed by atoms with Crippen molar-refractivity contribution in [2.45, 2.75) is 27.2 Å². The van der Waals surface area contributed by atoms with Gasteiger partial charge in [-0.15, -0.1) is 0 Å². The Hall–Kier alpha value is -3.41. The van der Waals surface area contributed by atoms with Crippen molar-refractivity contribution < 1.29 is 9.21 Å². The molecular formula is C24H27N3O3. The summed E-state index contributed by atoms with van der Waals surface area (Å²) in [4.78, 5) is 30.9. The van der Waals surface area contributed by atoms with E-state index in [0.29, 0.717) is 24.1 Å². The second-order valence-electron chi connectivity index (χ2n) is 7.02. The lowest BCUT2D eigenvalue weighted by atomic mass is 10.0. The summed E-state index contributed by atoms with van der Waals surface area (Å²) in [7, 11) is 0. The van der Waals surface area contributed by atoms with Crippen molar-refractivity contribution in [1.82, 2.24) is 10.3 Å². The highest BCUT2D eigenvalue weighted by molar-refractivity contribution is 5.93. The molecule has 30 heavy (non-hydrogen) atoms. The van der Waals surface area contributed by atoms with Crippen LogP contribution >= 0.6 is 0 Å². The van der Waals surface area contributed by atoms with Gasteiger partial charge in [0.25, 0.3) is 0 Å². The first kappa shape index (κ1) is 21.3. The summed E-state index contributed by atoms with van der Waals surface area (Å²) in [5, 5.41) is 3.68. The van der Waals surface area contributed by atoms with Gasteiger partial charge in [-0.25, -0.2) is 4.79 Å². The maximum atomic E-state index is 12.5. The van der Waals surface area contributed by atoms with Gasteiger partial charge in [-0.05, 0) is 62.6 Å². The third-order valence-electron chi connectivity index (χ3n) is 5.16. The van der Waals surface area contributed by atoms with Gasteiger partial charge in [-0.1, -0.05) is 6.07 Å². The highest BCUT2D eigenvalue weighted by Crippen LogP contribution is 2.25. The Morgan fingerprint density at radius 2 is 2.03 bits per heavy atom. The van der Waals surface area contributed by atoms with E-state index < -0.39 is 5.63 Å². The number of pyridine rings is 1. The van der Waals surface area contributed by atoms with Crippen LogP contribution in [0.1, 0.15) is 30.5 Å². The molecule has 6 heteroatoms. The molecule has 6 nitrogen and oxygen atoms in total. The molecule has 156 valence electrons. The van der Waals surface area contributed by atoms with Gasteiger partial charge >= 0.3 is 5.63 Å². The molecule has 0 aliphatic rings. The first-order chi connectivity index (χ1) is 14.5. The van der Waals surface area contributed by atoms with Crippen LogP contribution in [0.4, 0.5) is 5.69 Å². The van der Waals surface area contributed by atoms with Gasteiger partial charge in [-0.3, -0.25) is 9.78 Å². The van der Waals surface area contributed by atoms with Crippen LogP contribution in [0.15, 0.2) is 58.0 Å². The molecule has 1 amide bonds. The van der Waals surface area contributed by atoms with E-state index in [-0.39, 0.29) is 5.91 Å². The molecule has 2 aromatic heterocycles. The van der Waals surface area contributed by atoms with Crippen molar-refractivity contribution in [3.63, 3.8) is 0 Å². The number of nitrogens with one attached hydrogen (secondary N) is 1. The number of benzene rings is 1. The minimum Gasteiger partial charge on any atom is -0.422 e. The zero-order valence-corrected chi connectivity index (χ0v) is 17.6. The third kappa shape index (κ3) is 4.95. The molecule has 0 aliphatic heterocycles. The van der Waals surface area contributed by atoms with Crippen LogP contribution < -0.4 is 15.8 Å². The van der Waals surface area contributed by atoms with Crippen molar-refractivity contribution in [1.29, 1.82) is 0 Å². The van der Waals surface area contributed by atoms with E-state index in [9.17, 15) is 9.59 Å². The summed E-state index contributed by atoms with van der Waals surface area (Å²) < 4.78 is 5.55. The molecule has 0 fully saturated rings. The second kappa shape index (κ2) is 9.87. The number of carbonyl (C=O) groups excluding carboxylic acids is 1. The molecule has 0 saturated heterocycles. The molecule has 0 bridgehead atoms. The van der Waals surface area contributed by atoms with Gasteiger partial charge < -0.3 is 14.6 Å². The minimum absolute atomic E-state index is 0.255. The number of nitrogens with zero attached hydrogens (tertiary/aromatic N) is 2. The maximum Gasteiger partial charge on any atom is 0.343 e. The van der Waals surface area contributed by atoms with E-state index >= 15 is 0 Å². The van der Waals surface area contributed by atoms with Gasteiger partial charge in [0.15, 0.2) is 0 Å². The fraction of sp³-hybridized carbons (Fsp3) is 0.292. The molecule has 0 unspecified atom stereocenters. The van der Waals surface area contributed by atoms with Crippen molar-refractivity contribution in [3.8, 4) is 0 Å². The number of aryl methyl sites for hydroxylation is 1. The van der Waals surface area contributed by atoms with Crippen LogP contribution in [-0.4, -0.2) is 30.5 Å². The lowest BCUT2D eigenvalue weighted by Gasteiger charge is -2.21. The molecule has 3 aromatic rings. The quantitative estimate of drug-likeness (QED) is 0.457. The van der Waals surface area contributed by atoms with Gasteiger partial charge in [0.1, 0.15) is 5.58 Å². The topological polar surface area (TPSA) is 75.4 Å². The van der Waals surface area contributed by atoms with E-state index in [1.807, 2.05) is 37.3 Å². The summed E-state index contributed by atoms with van der Waals surface area (Å²) in [6.45, 7) is 8.30. The van der Waals surface area contributed by atoms with Gasteiger partial charge in [-0.2, -0.15) is 0 Å². The van der Waals surface area contributed by atoms with E-state index in [2.05, 4.69) is 29.0 Å². The highest BCUT2D eigenvalue weighted by atomic mass is 16.4. The monoisotopic (exact) mass is 405 g/mol. The Morgan fingerprint density at radius 1 is 1.23 bits per heavy atom. The number of anilines is 1. The Balaban J connectivity index is 1.74. The molecule has 3 rings (SSSR count). The molecular weight excluding hydrogens is 378 g/mol. The van der Waals surface area contributed by atoms with Crippen molar-refractivity contribution in [3.05, 3.63) is 75.9 Å². The van der Waals surface area contributed by atoms with Crippen molar-refractivity contribution >= 4 is 28.6 Å². The molecule has 0 spiro atoms. The third-order valence-corrected chi connectivity index (χ3v) is 5.16. The van der Waals surface area contributed by atoms with E-state index in [1.165, 1.54) is 12.2 Å². The summed E-state index contributed by atoms with van der Waals surface area (Å²) in [5.74, 6) is -0.255. The van der Waals surface area contributed by atoms with E-state index in [0.717, 1.165) is 35.3 Å². The lowest BCUT2D eigenvalue weighted by Crippen LogP contribution is -2.23. The largest absolute Gasteiger partial charge is 0.422 e. The van der Waals surface area contributed by atoms with Gasteiger partial charge in [0.2, 0.25) is 5.91 Å². The maximum absolute atomic E-state index is 12.5. The number of fused-ring (bicyclic) bond motifs is 1. The Kier molecular flexibility index (Phi) is 7.01. The van der Waals surface area contributed by atoms with Crippen LogP contribution in [0.2, 0.25) is 0 Å². The van der Waals surface area contributed by atoms with E-state index in [4.69, 9.17) is 4.42 Å². The molecule has 0 radical (unpaired) electrons. The summed E-state index contributed by atoms with van der Waals surface area (Å²) in [5.41, 5.74) is 3.37. The lowest BCUT2D eigenvalue weighted by molar-refractivity contribution is -0.116. The predicted molar refractivity (Wildman–Crippen MR) is 121 cm³/mol. The Morgan fingerprint density at radius 3 is 2.73 bits per heavy atom. The Bertz CT molecular complexity index is 1100. The standard InChI is InChI=1S/C24H27N3O3/c1-4-27(5-2)19-8-9-20-17(3)21(24(29)30-22(20)15-19)10-11-23(28)26-14-12-18-7-6-13-25-16-18/h6-11,13,15-16H,4-5,12,14H2,1-3H3,(H,26,28). The van der Waals surface area contributed by atoms with Crippen LogP contribution in [0, 0.1) is 6.92 Å². The van der Waals surface area contributed by atoms with Crippen LogP contribution in [-0.2, 0) is 11.2 Å². The van der Waals surface area contributed by atoms with Crippen LogP contribution in [0.3, 0.4) is 0 Å². The zero-order valence-electron chi connectivity index (χ0n) is 17.6. The molecule has 1 aromatic carbocycles. The second-order valence-corrected chi connectivity index (χ2v) is 7.02.